The summed E-state index contributed by atoms with van der Waals surface area (Å²) in [6.45, 7) is 25.5. The number of hydrogen-bond donors (Lipinski definition) is 3. The summed E-state index contributed by atoms with van der Waals surface area (Å²) in [4.78, 5) is 20.0. The Bertz CT molecular complexity index is 2850. The molecule has 0 saturated carbocycles. The minimum Gasteiger partial charge on any atom is -0.392 e. The Balaban J connectivity index is 1.71. The molecule has 5 heterocycles. The van der Waals surface area contributed by atoms with Gasteiger partial charge in [0.1, 0.15) is 8.07 Å². The van der Waals surface area contributed by atoms with Crippen molar-refractivity contribution in [3.63, 3.8) is 0 Å². The van der Waals surface area contributed by atoms with Crippen LogP contribution in [0.2, 0.25) is 19.6 Å². The summed E-state index contributed by atoms with van der Waals surface area (Å²) in [6, 6.07) is 22.3. The number of nitrogens with one attached hydrogen (secondary N) is 2. The number of benzene rings is 2. The number of nitrogens with zero attached hydrogens (tertiary/aromatic N) is 2. The van der Waals surface area contributed by atoms with E-state index >= 15 is 0 Å². The Labute approximate surface area is 436 Å². The van der Waals surface area contributed by atoms with Crippen molar-refractivity contribution in [2.75, 3.05) is 0 Å². The van der Waals surface area contributed by atoms with Crippen LogP contribution in [0.25, 0.3) is 66.6 Å². The van der Waals surface area contributed by atoms with Crippen molar-refractivity contribution in [2.24, 2.45) is 0 Å². The molecule has 5 nitrogen and oxygen atoms in total. The minimum atomic E-state index is -1.62. The quantitative estimate of drug-likeness (QED) is 0.0347. The number of aliphatic hydroxyl groups excluding tert-OH is 1. The van der Waals surface area contributed by atoms with Crippen LogP contribution in [0.3, 0.4) is 0 Å². The third-order valence-corrected chi connectivity index (χ3v) is 16.2. The van der Waals surface area contributed by atoms with Crippen LogP contribution < -0.4 is 0 Å². The number of unbranched alkanes of at least 4 members (excludes halogenated alkanes) is 12. The van der Waals surface area contributed by atoms with Gasteiger partial charge in [0.2, 0.25) is 0 Å². The van der Waals surface area contributed by atoms with Crippen LogP contribution in [0.15, 0.2) is 60.7 Å². The maximum Gasteiger partial charge on any atom is 0.129 e. The van der Waals surface area contributed by atoms with Crippen LogP contribution in [0.4, 0.5) is 0 Å². The van der Waals surface area contributed by atoms with Crippen molar-refractivity contribution in [3.8, 4) is 33.7 Å². The standard InChI is InChI=1S/C66H88N4OSi/c1-12-16-20-24-34-53-45(5)63-61(51-32-28-30-49(40-51)38-39-72(9,10)11)64-46(6)54(35-25-21-17-13-2)58(68-64)43-60-56(37-27-23-19-15-4)48(8)66(70-60)62(52-33-29-31-50(41-52)44-71)65-47(7)55(36-26-22-18-14-3)59(69-65)42-57(53)67-63/h28-33,40-43,67-68,71H,12-27,34-37,44H2,1-11H3. The molecule has 2 aromatic carbocycles. The first-order chi connectivity index (χ1) is 34.8. The summed E-state index contributed by atoms with van der Waals surface area (Å²) < 4.78 is 0. The van der Waals surface area contributed by atoms with Crippen LogP contribution in [-0.2, 0) is 19.4 Å². The van der Waals surface area contributed by atoms with Gasteiger partial charge in [-0.25, -0.2) is 9.97 Å². The molecule has 7 rings (SSSR count). The van der Waals surface area contributed by atoms with Crippen LogP contribution >= 0.6 is 0 Å². The van der Waals surface area contributed by atoms with Crippen molar-refractivity contribution in [2.45, 2.75) is 210 Å². The normalized spacial score (nSPS) is 12.8. The topological polar surface area (TPSA) is 77.6 Å². The highest BCUT2D eigenvalue weighted by atomic mass is 28.3. The van der Waals surface area contributed by atoms with E-state index in [4.69, 9.17) is 9.97 Å². The smallest absolute Gasteiger partial charge is 0.129 e. The number of allylic oxidation sites excluding steroid dienone is 4. The van der Waals surface area contributed by atoms with E-state index in [2.05, 4.69) is 151 Å². The van der Waals surface area contributed by atoms with E-state index in [0.29, 0.717) is 0 Å². The van der Waals surface area contributed by atoms with Crippen molar-refractivity contribution < 1.29 is 5.11 Å². The summed E-state index contributed by atoms with van der Waals surface area (Å²) in [5.74, 6) is 3.62. The van der Waals surface area contributed by atoms with Gasteiger partial charge in [-0.1, -0.05) is 161 Å². The fourth-order valence-corrected chi connectivity index (χ4v) is 11.6. The second-order valence-corrected chi connectivity index (χ2v) is 26.9. The average molecular weight is 982 g/mol. The summed E-state index contributed by atoms with van der Waals surface area (Å²) in [5, 5.41) is 10.6. The van der Waals surface area contributed by atoms with E-state index < -0.39 is 8.07 Å². The molecule has 3 N–H and O–H groups in total. The summed E-state index contributed by atoms with van der Waals surface area (Å²) in [6.07, 6.45) is 23.0. The third-order valence-electron chi connectivity index (χ3n) is 15.3. The lowest BCUT2D eigenvalue weighted by Crippen LogP contribution is -2.16. The number of aromatic amines is 2. The molecule has 0 spiro atoms. The van der Waals surface area contributed by atoms with Crippen molar-refractivity contribution in [3.05, 3.63) is 117 Å². The molecule has 0 amide bonds. The molecule has 8 bridgehead atoms. The van der Waals surface area contributed by atoms with Crippen LogP contribution in [0, 0.1) is 25.3 Å². The number of hydrogen-bond acceptors (Lipinski definition) is 3. The Morgan fingerprint density at radius 2 is 0.958 bits per heavy atom. The molecule has 0 radical (unpaired) electrons. The molecule has 382 valence electrons. The fourth-order valence-electron chi connectivity index (χ4n) is 11.1. The molecule has 0 saturated heterocycles. The highest BCUT2D eigenvalue weighted by Gasteiger charge is 2.28. The van der Waals surface area contributed by atoms with Crippen molar-refractivity contribution in [1.82, 2.24) is 19.9 Å². The second kappa shape index (κ2) is 25.6. The molecule has 5 aromatic rings. The van der Waals surface area contributed by atoms with Gasteiger partial charge in [0.05, 0.1) is 40.4 Å². The number of fused-ring (bicyclic) bond motifs is 8. The Morgan fingerprint density at radius 1 is 0.514 bits per heavy atom. The zero-order valence-electron chi connectivity index (χ0n) is 46.5. The minimum absolute atomic E-state index is 0.0222. The number of aromatic nitrogens is 4. The molecule has 0 aliphatic carbocycles. The van der Waals surface area contributed by atoms with E-state index in [9.17, 15) is 5.11 Å². The van der Waals surface area contributed by atoms with Crippen LogP contribution in [0.1, 0.15) is 213 Å². The van der Waals surface area contributed by atoms with E-state index in [-0.39, 0.29) is 6.61 Å². The zero-order chi connectivity index (χ0) is 51.4. The first-order valence-electron chi connectivity index (χ1n) is 28.4. The first kappa shape index (κ1) is 54.5. The molecule has 3 aromatic heterocycles. The van der Waals surface area contributed by atoms with Crippen molar-refractivity contribution in [1.29, 1.82) is 0 Å². The maximum absolute atomic E-state index is 10.6. The molecule has 0 fully saturated rings. The lowest BCUT2D eigenvalue weighted by molar-refractivity contribution is 0.282. The van der Waals surface area contributed by atoms with Gasteiger partial charge in [-0.05, 0) is 171 Å². The predicted molar refractivity (Wildman–Crippen MR) is 316 cm³/mol. The highest BCUT2D eigenvalue weighted by molar-refractivity contribution is 6.83. The van der Waals surface area contributed by atoms with E-state index in [0.717, 1.165) is 107 Å². The first-order valence-corrected chi connectivity index (χ1v) is 31.9. The van der Waals surface area contributed by atoms with Gasteiger partial charge in [-0.2, -0.15) is 0 Å². The number of aliphatic hydroxyl groups is 1. The Hall–Kier alpha value is -5.22. The molecular weight excluding hydrogens is 893 g/mol. The highest BCUT2D eigenvalue weighted by Crippen LogP contribution is 2.45. The fraction of sp³-hybridized carbons (Fsp3) is 0.485. The predicted octanol–water partition coefficient (Wildman–Crippen LogP) is 19.0. The van der Waals surface area contributed by atoms with Gasteiger partial charge in [-0.15, -0.1) is 5.54 Å². The van der Waals surface area contributed by atoms with Crippen molar-refractivity contribution >= 4 is 52.4 Å². The molecule has 6 heteroatoms. The van der Waals surface area contributed by atoms with Gasteiger partial charge in [-0.3, -0.25) is 0 Å². The van der Waals surface area contributed by atoms with E-state index in [1.807, 2.05) is 6.07 Å². The largest absolute Gasteiger partial charge is 0.392 e. The second-order valence-electron chi connectivity index (χ2n) is 22.2. The van der Waals surface area contributed by atoms with Gasteiger partial charge < -0.3 is 15.1 Å². The summed E-state index contributed by atoms with van der Waals surface area (Å²) in [5.41, 5.74) is 29.4. The van der Waals surface area contributed by atoms with Crippen LogP contribution in [-0.4, -0.2) is 33.1 Å². The SMILES string of the molecule is CCCCCCC1=C(C)c2nc1cc1[nH]c(c(C)c1CCCCCC)c(-c1cccc(C#C[Si](C)(C)C)c1)c1[nH]c(cc3nc(c2-c2cccc(CO)c2)C(C)=C3CCCCCC)c(CCCCCC)c1C. The Kier molecular flexibility index (Phi) is 19.4. The molecular formula is C66H88N4OSi. The van der Waals surface area contributed by atoms with Gasteiger partial charge >= 0.3 is 0 Å². The number of aryl methyl sites for hydroxylation is 4. The monoisotopic (exact) mass is 981 g/mol. The molecule has 2 aliphatic heterocycles. The molecule has 0 atom stereocenters. The van der Waals surface area contributed by atoms with E-state index in [1.54, 1.807) is 0 Å². The lowest BCUT2D eigenvalue weighted by Gasteiger charge is -2.12. The third kappa shape index (κ3) is 12.9. The molecule has 2 aliphatic rings. The number of rotatable bonds is 23. The molecule has 72 heavy (non-hydrogen) atoms. The number of H-pyrrole nitrogens is 2. The van der Waals surface area contributed by atoms with E-state index in [1.165, 1.54) is 144 Å². The maximum atomic E-state index is 10.6. The van der Waals surface area contributed by atoms with Gasteiger partial charge in [0, 0.05) is 27.7 Å². The summed E-state index contributed by atoms with van der Waals surface area (Å²) >= 11 is 0. The summed E-state index contributed by atoms with van der Waals surface area (Å²) in [7, 11) is -1.62. The van der Waals surface area contributed by atoms with Gasteiger partial charge in [0.15, 0.2) is 0 Å². The zero-order valence-corrected chi connectivity index (χ0v) is 47.5. The lowest BCUT2D eigenvalue weighted by atomic mass is 9.91. The molecule has 0 unspecified atom stereocenters. The van der Waals surface area contributed by atoms with Crippen LogP contribution in [0.5, 0.6) is 0 Å². The van der Waals surface area contributed by atoms with Gasteiger partial charge in [0.25, 0.3) is 0 Å². The Morgan fingerprint density at radius 3 is 1.40 bits per heavy atom. The average Bonchev–Trinajstić information content (AvgIpc) is 4.05.